The van der Waals surface area contributed by atoms with Crippen molar-refractivity contribution in [3.63, 3.8) is 0 Å². The summed E-state index contributed by atoms with van der Waals surface area (Å²) in [5.74, 6) is 0. The third-order valence-electron chi connectivity index (χ3n) is 4.42. The predicted molar refractivity (Wildman–Crippen MR) is 98.2 cm³/mol. The van der Waals surface area contributed by atoms with Crippen LogP contribution < -0.4 is 11.5 Å². The van der Waals surface area contributed by atoms with Crippen molar-refractivity contribution < 1.29 is 0 Å². The first-order valence-electron chi connectivity index (χ1n) is 8.38. The second-order valence-electron chi connectivity index (χ2n) is 5.84. The maximum Gasteiger partial charge on any atom is 0.0319 e. The summed E-state index contributed by atoms with van der Waals surface area (Å²) < 4.78 is 0. The van der Waals surface area contributed by atoms with Gasteiger partial charge in [-0.1, -0.05) is 27.7 Å². The Kier molecular flexibility index (Phi) is 5.12. The molecule has 0 fully saturated rings. The van der Waals surface area contributed by atoms with E-state index in [-0.39, 0.29) is 0 Å². The molecule has 0 aliphatic heterocycles. The average Bonchev–Trinajstić information content (AvgIpc) is 2.53. The van der Waals surface area contributed by atoms with E-state index >= 15 is 0 Å². The van der Waals surface area contributed by atoms with Gasteiger partial charge in [-0.15, -0.1) is 0 Å². The number of anilines is 2. The summed E-state index contributed by atoms with van der Waals surface area (Å²) in [6.07, 6.45) is 3.96. The fraction of sp³-hybridized carbons (Fsp3) is 0.400. The van der Waals surface area contributed by atoms with E-state index in [0.29, 0.717) is 0 Å². The van der Waals surface area contributed by atoms with E-state index in [1.54, 1.807) is 0 Å². The van der Waals surface area contributed by atoms with Crippen molar-refractivity contribution >= 4 is 11.4 Å². The highest BCUT2D eigenvalue weighted by Gasteiger charge is 2.17. The van der Waals surface area contributed by atoms with E-state index in [1.165, 1.54) is 33.4 Å². The molecule has 2 nitrogen and oxygen atoms in total. The number of hydrogen-bond acceptors (Lipinski definition) is 2. The summed E-state index contributed by atoms with van der Waals surface area (Å²) in [7, 11) is 0. The van der Waals surface area contributed by atoms with Crippen molar-refractivity contribution in [2.75, 3.05) is 11.5 Å². The molecule has 0 saturated carbocycles. The maximum atomic E-state index is 6.10. The van der Waals surface area contributed by atoms with Crippen LogP contribution in [0.4, 0.5) is 11.4 Å². The lowest BCUT2D eigenvalue weighted by Gasteiger charge is -2.21. The number of hydrogen-bond donors (Lipinski definition) is 2. The first kappa shape index (κ1) is 16.4. The van der Waals surface area contributed by atoms with Gasteiger partial charge in [-0.25, -0.2) is 0 Å². The van der Waals surface area contributed by atoms with Crippen LogP contribution in [0.15, 0.2) is 24.3 Å². The molecule has 4 N–H and O–H groups in total. The second-order valence-corrected chi connectivity index (χ2v) is 5.84. The molecule has 2 aromatic rings. The summed E-state index contributed by atoms with van der Waals surface area (Å²) in [4.78, 5) is 0. The Bertz CT molecular complexity index is 562. The van der Waals surface area contributed by atoms with Crippen LogP contribution in [0.5, 0.6) is 0 Å². The minimum absolute atomic E-state index is 0.865. The topological polar surface area (TPSA) is 52.0 Å². The summed E-state index contributed by atoms with van der Waals surface area (Å²) >= 11 is 0. The van der Waals surface area contributed by atoms with E-state index in [9.17, 15) is 0 Å². The van der Waals surface area contributed by atoms with Gasteiger partial charge in [0.05, 0.1) is 0 Å². The molecule has 22 heavy (non-hydrogen) atoms. The Morgan fingerprint density at radius 3 is 0.955 bits per heavy atom. The molecule has 0 amide bonds. The Morgan fingerprint density at radius 2 is 0.773 bits per heavy atom. The zero-order valence-corrected chi connectivity index (χ0v) is 14.3. The monoisotopic (exact) mass is 296 g/mol. The first-order chi connectivity index (χ1) is 10.5. The van der Waals surface area contributed by atoms with Crippen molar-refractivity contribution in [1.29, 1.82) is 0 Å². The van der Waals surface area contributed by atoms with Crippen LogP contribution in [0.3, 0.4) is 0 Å². The molecule has 0 heterocycles. The second kappa shape index (κ2) is 6.87. The number of rotatable bonds is 5. The Labute approximate surface area is 134 Å². The summed E-state index contributed by atoms with van der Waals surface area (Å²) in [5, 5.41) is 0. The minimum atomic E-state index is 0.865. The largest absolute Gasteiger partial charge is 0.399 e. The lowest BCUT2D eigenvalue weighted by atomic mass is 9.84. The van der Waals surface area contributed by atoms with Crippen molar-refractivity contribution in [1.82, 2.24) is 0 Å². The third-order valence-corrected chi connectivity index (χ3v) is 4.42. The lowest BCUT2D eigenvalue weighted by Crippen LogP contribution is -2.04. The lowest BCUT2D eigenvalue weighted by molar-refractivity contribution is 1.06. The molecule has 2 heteroatoms. The zero-order valence-electron chi connectivity index (χ0n) is 14.3. The van der Waals surface area contributed by atoms with Crippen LogP contribution in [-0.2, 0) is 25.7 Å². The number of aryl methyl sites for hydroxylation is 4. The maximum absolute atomic E-state index is 6.10. The van der Waals surface area contributed by atoms with Gasteiger partial charge < -0.3 is 11.5 Å². The Morgan fingerprint density at radius 1 is 0.545 bits per heavy atom. The third kappa shape index (κ3) is 2.96. The van der Waals surface area contributed by atoms with Gasteiger partial charge in [-0.05, 0) is 83.3 Å². The number of benzene rings is 2. The Hall–Kier alpha value is -1.96. The van der Waals surface area contributed by atoms with Crippen molar-refractivity contribution in [3.05, 3.63) is 46.5 Å². The van der Waals surface area contributed by atoms with Crippen LogP contribution in [0.2, 0.25) is 0 Å². The van der Waals surface area contributed by atoms with E-state index < -0.39 is 0 Å². The Balaban J connectivity index is 2.86. The standard InChI is InChI=1S/C20H28N2/c1-5-13-9-17(21)10-14(6-2)19(13)20-15(7-3)11-18(22)12-16(20)8-4/h9-12H,5-8,21-22H2,1-4H3. The van der Waals surface area contributed by atoms with Crippen LogP contribution in [0.1, 0.15) is 49.9 Å². The average molecular weight is 296 g/mol. The van der Waals surface area contributed by atoms with Crippen molar-refractivity contribution in [2.45, 2.75) is 53.4 Å². The van der Waals surface area contributed by atoms with Crippen LogP contribution >= 0.6 is 0 Å². The summed E-state index contributed by atoms with van der Waals surface area (Å²) in [6.45, 7) is 8.80. The van der Waals surface area contributed by atoms with Crippen LogP contribution in [0.25, 0.3) is 11.1 Å². The SMILES string of the molecule is CCc1cc(N)cc(CC)c1-c1c(CC)cc(N)cc1CC. The predicted octanol–water partition coefficient (Wildman–Crippen LogP) is 4.77. The van der Waals surface area contributed by atoms with Crippen molar-refractivity contribution in [3.8, 4) is 11.1 Å². The van der Waals surface area contributed by atoms with Crippen LogP contribution in [0, 0.1) is 0 Å². The molecule has 0 spiro atoms. The van der Waals surface area contributed by atoms with Gasteiger partial charge in [-0.2, -0.15) is 0 Å². The van der Waals surface area contributed by atoms with Gasteiger partial charge in [-0.3, -0.25) is 0 Å². The quantitative estimate of drug-likeness (QED) is 0.781. The molecule has 0 unspecified atom stereocenters. The van der Waals surface area contributed by atoms with E-state index in [4.69, 9.17) is 11.5 Å². The molecule has 0 aromatic heterocycles. The summed E-state index contributed by atoms with van der Waals surface area (Å²) in [6, 6.07) is 8.51. The van der Waals surface area contributed by atoms with Crippen LogP contribution in [-0.4, -0.2) is 0 Å². The molecule has 0 atom stereocenters. The highest BCUT2D eigenvalue weighted by molar-refractivity contribution is 5.80. The van der Waals surface area contributed by atoms with Gasteiger partial charge in [0, 0.05) is 11.4 Å². The molecular weight excluding hydrogens is 268 g/mol. The van der Waals surface area contributed by atoms with Gasteiger partial charge in [0.1, 0.15) is 0 Å². The normalized spacial score (nSPS) is 10.9. The molecule has 0 bridgehead atoms. The van der Waals surface area contributed by atoms with Crippen molar-refractivity contribution in [2.24, 2.45) is 0 Å². The zero-order chi connectivity index (χ0) is 16.3. The molecule has 2 aromatic carbocycles. The molecule has 0 saturated heterocycles. The van der Waals surface area contributed by atoms with Gasteiger partial charge >= 0.3 is 0 Å². The number of nitrogen functional groups attached to an aromatic ring is 2. The summed E-state index contributed by atoms with van der Waals surface area (Å²) in [5.41, 5.74) is 22.1. The fourth-order valence-electron chi connectivity index (χ4n) is 3.35. The van der Waals surface area contributed by atoms with Gasteiger partial charge in [0.15, 0.2) is 0 Å². The molecular formula is C20H28N2. The van der Waals surface area contributed by atoms with E-state index in [0.717, 1.165) is 37.1 Å². The first-order valence-corrected chi connectivity index (χ1v) is 8.38. The van der Waals surface area contributed by atoms with Gasteiger partial charge in [0.25, 0.3) is 0 Å². The molecule has 2 rings (SSSR count). The molecule has 118 valence electrons. The fourth-order valence-corrected chi connectivity index (χ4v) is 3.35. The highest BCUT2D eigenvalue weighted by Crippen LogP contribution is 2.37. The van der Waals surface area contributed by atoms with E-state index in [2.05, 4.69) is 52.0 Å². The van der Waals surface area contributed by atoms with E-state index in [1.807, 2.05) is 0 Å². The number of nitrogens with two attached hydrogens (primary N) is 2. The van der Waals surface area contributed by atoms with Gasteiger partial charge in [0.2, 0.25) is 0 Å². The molecule has 0 aliphatic carbocycles. The molecule has 0 radical (unpaired) electrons. The molecule has 0 aliphatic rings. The smallest absolute Gasteiger partial charge is 0.0319 e. The minimum Gasteiger partial charge on any atom is -0.399 e. The highest BCUT2D eigenvalue weighted by atomic mass is 14.6.